The molecule has 3 aromatic rings. The van der Waals surface area contributed by atoms with Gasteiger partial charge in [0, 0.05) is 37.1 Å². The number of aromatic amines is 1. The molecule has 0 radical (unpaired) electrons. The van der Waals surface area contributed by atoms with E-state index in [0.717, 1.165) is 13.0 Å². The van der Waals surface area contributed by atoms with Gasteiger partial charge < -0.3 is 29.3 Å². The number of H-pyrrole nitrogens is 1. The summed E-state index contributed by atoms with van der Waals surface area (Å²) >= 11 is 0. The minimum atomic E-state index is -1.71. The number of rotatable bonds is 7. The monoisotopic (exact) mass is 569 g/mol. The van der Waals surface area contributed by atoms with Crippen molar-refractivity contribution in [2.75, 3.05) is 48.0 Å². The summed E-state index contributed by atoms with van der Waals surface area (Å²) in [6.07, 6.45) is -3.22. The van der Waals surface area contributed by atoms with Crippen LogP contribution in [0.4, 0.5) is 21.5 Å². The van der Waals surface area contributed by atoms with Gasteiger partial charge in [-0.15, -0.1) is 0 Å². The van der Waals surface area contributed by atoms with Gasteiger partial charge in [-0.05, 0) is 36.4 Å². The third kappa shape index (κ3) is 6.00. The highest BCUT2D eigenvalue weighted by atomic mass is 19.1. The molecule has 2 N–H and O–H groups in total. The van der Waals surface area contributed by atoms with Crippen molar-refractivity contribution in [2.45, 2.75) is 19.1 Å². The number of hydrogen-bond donors (Lipinski definition) is 2. The van der Waals surface area contributed by atoms with Crippen molar-refractivity contribution in [3.8, 4) is 11.4 Å². The normalized spacial score (nSPS) is 18.2. The molecular formula is C26H24FN5O9. The molecule has 0 spiro atoms. The molecule has 0 aliphatic carbocycles. The summed E-state index contributed by atoms with van der Waals surface area (Å²) in [5, 5.41) is 5.85. The second-order valence-electron chi connectivity index (χ2n) is 9.06. The molecule has 2 saturated heterocycles. The molecule has 2 atom stereocenters. The van der Waals surface area contributed by atoms with Crippen LogP contribution in [-0.4, -0.2) is 78.9 Å². The first-order valence-electron chi connectivity index (χ1n) is 12.5. The lowest BCUT2D eigenvalue weighted by molar-refractivity contribution is -0.167. The van der Waals surface area contributed by atoms with E-state index in [0.29, 0.717) is 24.5 Å². The van der Waals surface area contributed by atoms with Gasteiger partial charge >= 0.3 is 11.7 Å². The molecule has 1 aromatic heterocycles. The molecule has 0 unspecified atom stereocenters. The summed E-state index contributed by atoms with van der Waals surface area (Å²) in [5.41, 5.74) is 0.904. The predicted octanol–water partition coefficient (Wildman–Crippen LogP) is 0.834. The van der Waals surface area contributed by atoms with Crippen molar-refractivity contribution in [2.24, 2.45) is 0 Å². The lowest BCUT2D eigenvalue weighted by Crippen LogP contribution is -2.56. The minimum absolute atomic E-state index is 0.0153. The van der Waals surface area contributed by atoms with Crippen LogP contribution in [0.25, 0.3) is 11.4 Å². The van der Waals surface area contributed by atoms with E-state index >= 15 is 0 Å². The lowest BCUT2D eigenvalue weighted by atomic mass is 10.1. The smallest absolute Gasteiger partial charge is 0.439 e. The number of morpholine rings is 2. The molecule has 5 rings (SSSR count). The van der Waals surface area contributed by atoms with Gasteiger partial charge in [0.05, 0.1) is 18.8 Å². The highest BCUT2D eigenvalue weighted by Crippen LogP contribution is 2.28. The summed E-state index contributed by atoms with van der Waals surface area (Å²) in [6, 6.07) is 10.3. The molecule has 2 aromatic carbocycles. The average molecular weight is 570 g/mol. The van der Waals surface area contributed by atoms with E-state index in [1.807, 2.05) is 0 Å². The van der Waals surface area contributed by atoms with Crippen molar-refractivity contribution < 1.29 is 42.3 Å². The number of nitrogens with zero attached hydrogens (tertiary/aromatic N) is 3. The number of hydrogen-bond acceptors (Lipinski definition) is 10. The fraction of sp³-hybridized carbons (Fsp3) is 0.308. The Morgan fingerprint density at radius 1 is 1.10 bits per heavy atom. The molecule has 14 nitrogen and oxygen atoms in total. The molecule has 15 heteroatoms. The Morgan fingerprint density at radius 3 is 2.54 bits per heavy atom. The number of esters is 1. The summed E-state index contributed by atoms with van der Waals surface area (Å²) < 4.78 is 35.0. The standard InChI is InChI=1S/C26H24FN5O9/c1-14(33)40-21(24(35)28-15-5-6-18(19(27)11-15)23-29-26(37)41-30-23)22-25(36)32(8-10-39-22)17-4-2-3-16(12-17)31-7-9-38-13-20(31)34/h2-6,11-12,21-22H,7-10,13H2,1H3,(H,28,35)(H,29,30,37)/t21-,22-/m1/s1. The van der Waals surface area contributed by atoms with Crippen LogP contribution < -0.4 is 20.9 Å². The molecule has 0 saturated carbocycles. The summed E-state index contributed by atoms with van der Waals surface area (Å²) in [4.78, 5) is 67.2. The number of anilines is 3. The maximum absolute atomic E-state index is 14.7. The van der Waals surface area contributed by atoms with E-state index in [1.165, 1.54) is 17.0 Å². The molecule has 2 fully saturated rings. The van der Waals surface area contributed by atoms with Crippen molar-refractivity contribution in [1.82, 2.24) is 10.1 Å². The maximum atomic E-state index is 14.7. The molecule has 3 amide bonds. The molecule has 2 aliphatic rings. The van der Waals surface area contributed by atoms with Gasteiger partial charge in [-0.3, -0.25) is 28.7 Å². The zero-order valence-electron chi connectivity index (χ0n) is 21.6. The van der Waals surface area contributed by atoms with Gasteiger partial charge in [0.2, 0.25) is 6.10 Å². The van der Waals surface area contributed by atoms with Crippen molar-refractivity contribution in [1.29, 1.82) is 0 Å². The van der Waals surface area contributed by atoms with Gasteiger partial charge in [-0.1, -0.05) is 11.2 Å². The second-order valence-corrected chi connectivity index (χ2v) is 9.06. The Hall–Kier alpha value is -4.89. The minimum Gasteiger partial charge on any atom is -0.449 e. The number of amides is 3. The van der Waals surface area contributed by atoms with Gasteiger partial charge in [0.15, 0.2) is 11.9 Å². The van der Waals surface area contributed by atoms with Gasteiger partial charge in [-0.25, -0.2) is 9.18 Å². The number of carbonyl (C=O) groups is 4. The van der Waals surface area contributed by atoms with Crippen LogP contribution in [0.5, 0.6) is 0 Å². The average Bonchev–Trinajstić information content (AvgIpc) is 3.38. The van der Waals surface area contributed by atoms with Crippen LogP contribution in [-0.2, 0) is 33.4 Å². The first kappa shape index (κ1) is 27.7. The Bertz CT molecular complexity index is 1550. The number of halogens is 1. The summed E-state index contributed by atoms with van der Waals surface area (Å²) in [6.45, 7) is 1.91. The highest BCUT2D eigenvalue weighted by Gasteiger charge is 2.42. The molecule has 41 heavy (non-hydrogen) atoms. The van der Waals surface area contributed by atoms with E-state index in [4.69, 9.17) is 14.2 Å². The zero-order chi connectivity index (χ0) is 29.1. The van der Waals surface area contributed by atoms with Crippen molar-refractivity contribution in [3.05, 3.63) is 58.8 Å². The molecule has 214 valence electrons. The second kappa shape index (κ2) is 11.7. The van der Waals surface area contributed by atoms with Crippen LogP contribution in [0.1, 0.15) is 6.92 Å². The predicted molar refractivity (Wildman–Crippen MR) is 138 cm³/mol. The topological polar surface area (TPSA) is 173 Å². The van der Waals surface area contributed by atoms with Crippen LogP contribution in [0, 0.1) is 5.82 Å². The third-order valence-corrected chi connectivity index (χ3v) is 6.32. The van der Waals surface area contributed by atoms with Crippen molar-refractivity contribution >= 4 is 40.8 Å². The summed E-state index contributed by atoms with van der Waals surface area (Å²) in [5.74, 6) is -4.51. The quantitative estimate of drug-likeness (QED) is 0.388. The van der Waals surface area contributed by atoms with E-state index in [2.05, 4.69) is 20.0 Å². The number of aromatic nitrogens is 2. The number of benzene rings is 2. The van der Waals surface area contributed by atoms with Gasteiger partial charge in [0.1, 0.15) is 12.4 Å². The Kier molecular flexibility index (Phi) is 7.89. The number of carbonyl (C=O) groups excluding carboxylic acids is 4. The zero-order valence-corrected chi connectivity index (χ0v) is 21.6. The number of nitrogens with one attached hydrogen (secondary N) is 2. The molecular weight excluding hydrogens is 545 g/mol. The maximum Gasteiger partial charge on any atom is 0.439 e. The van der Waals surface area contributed by atoms with Crippen LogP contribution in [0.2, 0.25) is 0 Å². The Morgan fingerprint density at radius 2 is 1.85 bits per heavy atom. The molecule has 2 aliphatic heterocycles. The van der Waals surface area contributed by atoms with Crippen LogP contribution >= 0.6 is 0 Å². The lowest BCUT2D eigenvalue weighted by Gasteiger charge is -2.35. The SMILES string of the molecule is CC(=O)O[C@@H](C(=O)Nc1ccc(-c2noc(=O)[nH]2)c(F)c1)[C@H]1OCCN(c2cccc(N3CCOCC3=O)c2)C1=O. The fourth-order valence-corrected chi connectivity index (χ4v) is 4.47. The van der Waals surface area contributed by atoms with Gasteiger partial charge in [-0.2, -0.15) is 0 Å². The molecule has 3 heterocycles. The first-order valence-corrected chi connectivity index (χ1v) is 12.5. The van der Waals surface area contributed by atoms with Crippen LogP contribution in [0.3, 0.4) is 0 Å². The number of ether oxygens (including phenoxy) is 3. The summed E-state index contributed by atoms with van der Waals surface area (Å²) in [7, 11) is 0. The molecule has 0 bridgehead atoms. The third-order valence-electron chi connectivity index (χ3n) is 6.32. The highest BCUT2D eigenvalue weighted by molar-refractivity contribution is 6.05. The van der Waals surface area contributed by atoms with Crippen molar-refractivity contribution in [3.63, 3.8) is 0 Å². The van der Waals surface area contributed by atoms with E-state index in [-0.39, 0.29) is 42.7 Å². The fourth-order valence-electron chi connectivity index (χ4n) is 4.47. The Labute approximate surface area is 230 Å². The van der Waals surface area contributed by atoms with E-state index in [1.54, 1.807) is 29.2 Å². The van der Waals surface area contributed by atoms with Crippen LogP contribution in [0.15, 0.2) is 51.8 Å². The first-order chi connectivity index (χ1) is 19.7. The largest absolute Gasteiger partial charge is 0.449 e. The van der Waals surface area contributed by atoms with Gasteiger partial charge in [0.25, 0.3) is 17.7 Å². The Balaban J connectivity index is 1.35. The van der Waals surface area contributed by atoms with E-state index < -0.39 is 41.6 Å². The van der Waals surface area contributed by atoms with E-state index in [9.17, 15) is 28.4 Å².